The van der Waals surface area contributed by atoms with Gasteiger partial charge in [0, 0.05) is 0 Å². The Morgan fingerprint density at radius 3 is 2.55 bits per heavy atom. The molecule has 4 aliphatic carbocycles. The molecule has 4 aliphatic rings. The van der Waals surface area contributed by atoms with Gasteiger partial charge >= 0.3 is 0 Å². The third-order valence-corrected chi connectivity index (χ3v) is 12.5. The maximum Gasteiger partial charge on any atom is 0.178 e. The van der Waals surface area contributed by atoms with Gasteiger partial charge in [-0.2, -0.15) is 0 Å². The molecule has 0 spiro atoms. The first kappa shape index (κ1) is 23.6. The van der Waals surface area contributed by atoms with Crippen molar-refractivity contribution in [3.63, 3.8) is 0 Å². The summed E-state index contributed by atoms with van der Waals surface area (Å²) in [6.07, 6.45) is 12.5. The first-order valence-electron chi connectivity index (χ1n) is 13.4. The standard InChI is InChI=1S/C29H42O3S/c1-4-29(30)17-15-23-21(18-29)10-11-25-24(23)14-16-28(3)26(12-13-27(25)28)20(2)19-33(31,32)22-8-6-5-7-9-22/h5-10,20,23-27,30H,4,11-19H2,1-3H3/t20-,23+,24?,25-,26-,27+,28-,29+/m1/s1. The molecule has 1 N–H and O–H groups in total. The lowest BCUT2D eigenvalue weighted by Crippen LogP contribution is -2.48. The normalized spacial score (nSPS) is 41.5. The van der Waals surface area contributed by atoms with Crippen molar-refractivity contribution < 1.29 is 13.5 Å². The minimum absolute atomic E-state index is 0.186. The zero-order chi connectivity index (χ0) is 23.4. The maximum atomic E-state index is 13.1. The van der Waals surface area contributed by atoms with Gasteiger partial charge in [0.1, 0.15) is 0 Å². The molecule has 0 amide bonds. The number of hydrogen-bond acceptors (Lipinski definition) is 3. The van der Waals surface area contributed by atoms with Crippen LogP contribution >= 0.6 is 0 Å². The van der Waals surface area contributed by atoms with Gasteiger partial charge in [0.05, 0.1) is 16.2 Å². The van der Waals surface area contributed by atoms with E-state index in [1.165, 1.54) is 32.1 Å². The fraction of sp³-hybridized carbons (Fsp3) is 0.724. The van der Waals surface area contributed by atoms with Gasteiger partial charge in [-0.05, 0) is 111 Å². The molecular weight excluding hydrogens is 428 g/mol. The van der Waals surface area contributed by atoms with E-state index in [1.807, 2.05) is 18.2 Å². The average Bonchev–Trinajstić information content (AvgIpc) is 3.16. The van der Waals surface area contributed by atoms with Gasteiger partial charge in [-0.25, -0.2) is 8.42 Å². The van der Waals surface area contributed by atoms with Crippen molar-refractivity contribution in [1.82, 2.24) is 0 Å². The SMILES string of the molecule is CC[C@]1(O)CC[C@H]2C(=CC[C@@H]3C2CC[C@]2(C)[C@@H]([C@H](C)CS(=O)(=O)c4ccccc4)CC[C@@H]32)C1. The van der Waals surface area contributed by atoms with Crippen molar-refractivity contribution >= 4 is 9.84 Å². The van der Waals surface area contributed by atoms with Gasteiger partial charge in [-0.15, -0.1) is 0 Å². The number of sulfone groups is 1. The largest absolute Gasteiger partial charge is 0.390 e. The second kappa shape index (κ2) is 8.52. The summed E-state index contributed by atoms with van der Waals surface area (Å²) in [5.74, 6) is 3.85. The predicted octanol–water partition coefficient (Wildman–Crippen LogP) is 6.43. The van der Waals surface area contributed by atoms with E-state index < -0.39 is 15.4 Å². The number of benzene rings is 1. The van der Waals surface area contributed by atoms with Crippen LogP contribution in [0.2, 0.25) is 0 Å². The molecule has 182 valence electrons. The Balaban J connectivity index is 1.33. The molecule has 0 heterocycles. The molecule has 1 unspecified atom stereocenters. The second-order valence-corrected chi connectivity index (χ2v) is 14.2. The number of aliphatic hydroxyl groups is 1. The van der Waals surface area contributed by atoms with Gasteiger partial charge < -0.3 is 5.11 Å². The molecule has 1 aromatic carbocycles. The van der Waals surface area contributed by atoms with Crippen LogP contribution in [-0.2, 0) is 9.84 Å². The summed E-state index contributed by atoms with van der Waals surface area (Å²) < 4.78 is 26.2. The van der Waals surface area contributed by atoms with Crippen LogP contribution in [0.15, 0.2) is 46.9 Å². The zero-order valence-corrected chi connectivity index (χ0v) is 21.5. The van der Waals surface area contributed by atoms with Crippen LogP contribution < -0.4 is 0 Å². The molecule has 0 saturated heterocycles. The van der Waals surface area contributed by atoms with Crippen molar-refractivity contribution in [3.8, 4) is 0 Å². The molecule has 3 saturated carbocycles. The van der Waals surface area contributed by atoms with Crippen molar-refractivity contribution in [2.75, 3.05) is 5.75 Å². The summed E-state index contributed by atoms with van der Waals surface area (Å²) in [7, 11) is -3.25. The van der Waals surface area contributed by atoms with Crippen molar-refractivity contribution in [2.45, 2.75) is 89.1 Å². The highest BCUT2D eigenvalue weighted by Gasteiger charge is 2.57. The Hall–Kier alpha value is -1.13. The van der Waals surface area contributed by atoms with Gasteiger partial charge in [0.15, 0.2) is 9.84 Å². The summed E-state index contributed by atoms with van der Waals surface area (Å²) in [6.45, 7) is 6.81. The molecule has 1 aromatic rings. The van der Waals surface area contributed by atoms with E-state index in [0.717, 1.165) is 37.5 Å². The van der Waals surface area contributed by atoms with Gasteiger partial charge in [-0.1, -0.05) is 50.6 Å². The van der Waals surface area contributed by atoms with E-state index >= 15 is 0 Å². The van der Waals surface area contributed by atoms with Gasteiger partial charge in [-0.3, -0.25) is 0 Å². The van der Waals surface area contributed by atoms with E-state index in [-0.39, 0.29) is 17.1 Å². The van der Waals surface area contributed by atoms with Crippen LogP contribution in [0, 0.1) is 40.9 Å². The lowest BCUT2D eigenvalue weighted by atomic mass is 9.50. The fourth-order valence-corrected chi connectivity index (χ4v) is 10.5. The van der Waals surface area contributed by atoms with Gasteiger partial charge in [0.25, 0.3) is 0 Å². The van der Waals surface area contributed by atoms with E-state index in [9.17, 15) is 13.5 Å². The Bertz CT molecular complexity index is 999. The first-order chi connectivity index (χ1) is 15.7. The van der Waals surface area contributed by atoms with Crippen molar-refractivity contribution in [3.05, 3.63) is 42.0 Å². The van der Waals surface area contributed by atoms with Crippen LogP contribution in [0.25, 0.3) is 0 Å². The number of rotatable bonds is 5. The fourth-order valence-electron chi connectivity index (χ4n) is 8.83. The molecule has 0 radical (unpaired) electrons. The lowest BCUT2D eigenvalue weighted by molar-refractivity contribution is -0.0444. The molecule has 0 bridgehead atoms. The Kier molecular flexibility index (Phi) is 6.09. The van der Waals surface area contributed by atoms with Crippen LogP contribution in [0.1, 0.15) is 78.6 Å². The van der Waals surface area contributed by atoms with Crippen LogP contribution in [-0.4, -0.2) is 24.9 Å². The summed E-state index contributed by atoms with van der Waals surface area (Å²) in [5.41, 5.74) is 1.33. The molecule has 0 aromatic heterocycles. The van der Waals surface area contributed by atoms with E-state index in [4.69, 9.17) is 0 Å². The van der Waals surface area contributed by atoms with E-state index in [1.54, 1.807) is 17.7 Å². The highest BCUT2D eigenvalue weighted by atomic mass is 32.2. The molecule has 0 aliphatic heterocycles. The second-order valence-electron chi connectivity index (χ2n) is 12.1. The molecule has 8 atom stereocenters. The number of hydrogen-bond donors (Lipinski definition) is 1. The molecule has 3 fully saturated rings. The Labute approximate surface area is 201 Å². The summed E-state index contributed by atoms with van der Waals surface area (Å²) >= 11 is 0. The van der Waals surface area contributed by atoms with Gasteiger partial charge in [0.2, 0.25) is 0 Å². The third-order valence-electron chi connectivity index (χ3n) is 10.6. The molecule has 33 heavy (non-hydrogen) atoms. The highest BCUT2D eigenvalue weighted by molar-refractivity contribution is 7.91. The Morgan fingerprint density at radius 2 is 1.82 bits per heavy atom. The summed E-state index contributed by atoms with van der Waals surface area (Å²) in [6, 6.07) is 9.00. The van der Waals surface area contributed by atoms with Crippen LogP contribution in [0.3, 0.4) is 0 Å². The molecule has 3 nitrogen and oxygen atoms in total. The summed E-state index contributed by atoms with van der Waals surface area (Å²) in [5, 5.41) is 10.9. The van der Waals surface area contributed by atoms with Crippen LogP contribution in [0.5, 0.6) is 0 Å². The monoisotopic (exact) mass is 470 g/mol. The van der Waals surface area contributed by atoms with E-state index in [0.29, 0.717) is 22.6 Å². The van der Waals surface area contributed by atoms with Crippen molar-refractivity contribution in [2.24, 2.45) is 40.9 Å². The van der Waals surface area contributed by atoms with Crippen molar-refractivity contribution in [1.29, 1.82) is 0 Å². The minimum Gasteiger partial charge on any atom is -0.390 e. The molecule has 5 rings (SSSR count). The predicted molar refractivity (Wildman–Crippen MR) is 133 cm³/mol. The maximum absolute atomic E-state index is 13.1. The number of allylic oxidation sites excluding steroid dienone is 1. The molecule has 4 heteroatoms. The average molecular weight is 471 g/mol. The minimum atomic E-state index is -3.25. The highest BCUT2D eigenvalue weighted by Crippen LogP contribution is 2.65. The quantitative estimate of drug-likeness (QED) is 0.505. The van der Waals surface area contributed by atoms with Crippen LogP contribution in [0.4, 0.5) is 0 Å². The van der Waals surface area contributed by atoms with E-state index in [2.05, 4.69) is 26.8 Å². The summed E-state index contributed by atoms with van der Waals surface area (Å²) in [4.78, 5) is 0.467. The first-order valence-corrected chi connectivity index (χ1v) is 15.0. The Morgan fingerprint density at radius 1 is 1.06 bits per heavy atom. The third kappa shape index (κ3) is 4.03. The zero-order valence-electron chi connectivity index (χ0n) is 20.7. The molecular formula is C29H42O3S. The smallest absolute Gasteiger partial charge is 0.178 e. The number of fused-ring (bicyclic) bond motifs is 5. The topological polar surface area (TPSA) is 54.4 Å². The lowest BCUT2D eigenvalue weighted by Gasteiger charge is -2.55.